The fourth-order valence-corrected chi connectivity index (χ4v) is 1.66. The van der Waals surface area contributed by atoms with Crippen LogP contribution in [0.3, 0.4) is 0 Å². The molecule has 0 atom stereocenters. The number of nitrogens with zero attached hydrogens (tertiary/aromatic N) is 1. The second-order valence-corrected chi connectivity index (χ2v) is 4.73. The quantitative estimate of drug-likeness (QED) is 0.778. The monoisotopic (exact) mass is 261 g/mol. The van der Waals surface area contributed by atoms with Crippen molar-refractivity contribution in [3.8, 4) is 0 Å². The summed E-state index contributed by atoms with van der Waals surface area (Å²) in [5, 5.41) is 1.04. The Morgan fingerprint density at radius 3 is 3.00 bits per heavy atom. The van der Waals surface area contributed by atoms with E-state index >= 15 is 0 Å². The minimum atomic E-state index is 0.0926. The van der Waals surface area contributed by atoms with Crippen LogP contribution in [0.25, 0.3) is 6.08 Å². The van der Waals surface area contributed by atoms with E-state index in [-0.39, 0.29) is 5.12 Å². The summed E-state index contributed by atoms with van der Waals surface area (Å²) in [4.78, 5) is 14.5. The van der Waals surface area contributed by atoms with Crippen LogP contribution in [0.5, 0.6) is 0 Å². The molecule has 2 nitrogen and oxygen atoms in total. The molecule has 80 valence electrons. The Hall–Kier alpha value is -0.510. The molecule has 0 aliphatic carbocycles. The normalized spacial score (nSPS) is 10.9. The van der Waals surface area contributed by atoms with Gasteiger partial charge < -0.3 is 0 Å². The third kappa shape index (κ3) is 4.69. The van der Waals surface area contributed by atoms with Gasteiger partial charge in [0, 0.05) is 24.4 Å². The molecule has 1 rings (SSSR count). The van der Waals surface area contributed by atoms with Crippen LogP contribution in [0, 0.1) is 0 Å². The zero-order valence-corrected chi connectivity index (χ0v) is 10.4. The van der Waals surface area contributed by atoms with Crippen molar-refractivity contribution in [3.05, 3.63) is 34.1 Å². The Balaban J connectivity index is 2.63. The predicted molar refractivity (Wildman–Crippen MR) is 66.4 cm³/mol. The van der Waals surface area contributed by atoms with Gasteiger partial charge in [0.05, 0.1) is 5.02 Å². The zero-order valence-electron chi connectivity index (χ0n) is 8.04. The maximum atomic E-state index is 10.6. The standard InChI is InChI=1S/C10H9Cl2NOS/c1-7(14)15-4-2-3-8-5-9(11)6-13-10(8)12/h2-3,5-6H,4H2,1H3. The maximum Gasteiger partial charge on any atom is 0.186 e. The van der Waals surface area contributed by atoms with Crippen molar-refractivity contribution < 1.29 is 4.79 Å². The number of halogens is 2. The van der Waals surface area contributed by atoms with Gasteiger partial charge in [-0.1, -0.05) is 47.1 Å². The number of hydrogen-bond acceptors (Lipinski definition) is 3. The van der Waals surface area contributed by atoms with E-state index in [0.717, 1.165) is 5.56 Å². The van der Waals surface area contributed by atoms with Crippen LogP contribution < -0.4 is 0 Å². The van der Waals surface area contributed by atoms with Crippen molar-refractivity contribution >= 4 is 46.2 Å². The predicted octanol–water partition coefficient (Wildman–Crippen LogP) is 3.68. The van der Waals surface area contributed by atoms with Crippen molar-refractivity contribution in [2.45, 2.75) is 6.92 Å². The average Bonchev–Trinajstić information content (AvgIpc) is 2.17. The Morgan fingerprint density at radius 1 is 1.60 bits per heavy atom. The summed E-state index contributed by atoms with van der Waals surface area (Å²) in [6.07, 6.45) is 5.15. The van der Waals surface area contributed by atoms with Gasteiger partial charge >= 0.3 is 0 Å². The van der Waals surface area contributed by atoms with E-state index in [1.165, 1.54) is 24.9 Å². The van der Waals surface area contributed by atoms with E-state index in [2.05, 4.69) is 4.98 Å². The summed E-state index contributed by atoms with van der Waals surface area (Å²) in [6, 6.07) is 1.73. The molecule has 0 bridgehead atoms. The van der Waals surface area contributed by atoms with Gasteiger partial charge in [-0.25, -0.2) is 4.98 Å². The smallest absolute Gasteiger partial charge is 0.186 e. The van der Waals surface area contributed by atoms with Gasteiger partial charge in [-0.2, -0.15) is 0 Å². The molecule has 0 aliphatic heterocycles. The lowest BCUT2D eigenvalue weighted by Gasteiger charge is -1.97. The van der Waals surface area contributed by atoms with E-state index in [9.17, 15) is 4.79 Å². The topological polar surface area (TPSA) is 30.0 Å². The molecule has 0 saturated carbocycles. The molecule has 0 aliphatic rings. The van der Waals surface area contributed by atoms with Crippen molar-refractivity contribution in [3.63, 3.8) is 0 Å². The number of aromatic nitrogens is 1. The molecule has 0 N–H and O–H groups in total. The first-order valence-electron chi connectivity index (χ1n) is 4.20. The third-order valence-electron chi connectivity index (χ3n) is 1.51. The molecule has 1 aromatic heterocycles. The van der Waals surface area contributed by atoms with Gasteiger partial charge in [0.2, 0.25) is 0 Å². The SMILES string of the molecule is CC(=O)SCC=Cc1cc(Cl)cnc1Cl. The Morgan fingerprint density at radius 2 is 2.33 bits per heavy atom. The lowest BCUT2D eigenvalue weighted by molar-refractivity contribution is -0.109. The summed E-state index contributed by atoms with van der Waals surface area (Å²) in [6.45, 7) is 1.53. The van der Waals surface area contributed by atoms with Gasteiger partial charge in [-0.3, -0.25) is 4.79 Å². The van der Waals surface area contributed by atoms with Gasteiger partial charge in [-0.15, -0.1) is 0 Å². The number of carbonyl (C=O) groups excluding carboxylic acids is 1. The van der Waals surface area contributed by atoms with Crippen LogP contribution in [0.4, 0.5) is 0 Å². The summed E-state index contributed by atoms with van der Waals surface area (Å²) in [5.41, 5.74) is 0.758. The largest absolute Gasteiger partial charge is 0.288 e. The van der Waals surface area contributed by atoms with E-state index in [4.69, 9.17) is 23.2 Å². The summed E-state index contributed by atoms with van der Waals surface area (Å²) < 4.78 is 0. The molecule has 0 saturated heterocycles. The number of hydrogen-bond donors (Lipinski definition) is 0. The van der Waals surface area contributed by atoms with Crippen LogP contribution in [-0.2, 0) is 4.79 Å². The second-order valence-electron chi connectivity index (χ2n) is 2.74. The van der Waals surface area contributed by atoms with Gasteiger partial charge in [0.25, 0.3) is 0 Å². The number of carbonyl (C=O) groups is 1. The van der Waals surface area contributed by atoms with Crippen LogP contribution >= 0.6 is 35.0 Å². The van der Waals surface area contributed by atoms with Crippen molar-refractivity contribution in [1.82, 2.24) is 4.98 Å². The van der Waals surface area contributed by atoms with Crippen molar-refractivity contribution in [1.29, 1.82) is 0 Å². The van der Waals surface area contributed by atoms with E-state index in [1.807, 2.05) is 6.08 Å². The first-order chi connectivity index (χ1) is 7.09. The van der Waals surface area contributed by atoms with E-state index in [0.29, 0.717) is 15.9 Å². The molecule has 1 heterocycles. The molecule has 0 fully saturated rings. The molecule has 0 amide bonds. The molecule has 5 heteroatoms. The van der Waals surface area contributed by atoms with Gasteiger partial charge in [0.15, 0.2) is 5.12 Å². The summed E-state index contributed by atoms with van der Waals surface area (Å²) >= 11 is 12.8. The Bertz CT molecular complexity index is 393. The van der Waals surface area contributed by atoms with Crippen molar-refractivity contribution in [2.75, 3.05) is 5.75 Å². The van der Waals surface area contributed by atoms with Gasteiger partial charge in [-0.05, 0) is 6.07 Å². The zero-order chi connectivity index (χ0) is 11.3. The van der Waals surface area contributed by atoms with Crippen molar-refractivity contribution in [2.24, 2.45) is 0 Å². The fourth-order valence-electron chi connectivity index (χ4n) is 0.896. The Kier molecular flexibility index (Phi) is 5.15. The summed E-state index contributed by atoms with van der Waals surface area (Å²) in [5.74, 6) is 0.623. The second kappa shape index (κ2) is 6.16. The summed E-state index contributed by atoms with van der Waals surface area (Å²) in [7, 11) is 0. The maximum absolute atomic E-state index is 10.6. The minimum absolute atomic E-state index is 0.0926. The highest BCUT2D eigenvalue weighted by atomic mass is 35.5. The highest BCUT2D eigenvalue weighted by molar-refractivity contribution is 8.13. The van der Waals surface area contributed by atoms with E-state index < -0.39 is 0 Å². The van der Waals surface area contributed by atoms with Crippen LogP contribution in [-0.4, -0.2) is 15.9 Å². The van der Waals surface area contributed by atoms with E-state index in [1.54, 1.807) is 12.1 Å². The molecular formula is C10H9Cl2NOS. The number of pyridine rings is 1. The number of thioether (sulfide) groups is 1. The highest BCUT2D eigenvalue weighted by Gasteiger charge is 1.98. The lowest BCUT2D eigenvalue weighted by atomic mass is 10.3. The lowest BCUT2D eigenvalue weighted by Crippen LogP contribution is -1.83. The minimum Gasteiger partial charge on any atom is -0.288 e. The molecule has 0 radical (unpaired) electrons. The first-order valence-corrected chi connectivity index (χ1v) is 5.94. The molecule has 1 aromatic rings. The van der Waals surface area contributed by atoms with Crippen LogP contribution in [0.2, 0.25) is 10.2 Å². The average molecular weight is 262 g/mol. The molecular weight excluding hydrogens is 253 g/mol. The van der Waals surface area contributed by atoms with Crippen LogP contribution in [0.15, 0.2) is 18.3 Å². The fraction of sp³-hybridized carbons (Fsp3) is 0.200. The Labute approximate surface area is 103 Å². The van der Waals surface area contributed by atoms with Crippen LogP contribution in [0.1, 0.15) is 12.5 Å². The van der Waals surface area contributed by atoms with Gasteiger partial charge in [0.1, 0.15) is 5.15 Å². The highest BCUT2D eigenvalue weighted by Crippen LogP contribution is 2.19. The molecule has 0 spiro atoms. The molecule has 15 heavy (non-hydrogen) atoms. The molecule has 0 aromatic carbocycles. The first kappa shape index (κ1) is 12.6. The number of rotatable bonds is 3. The third-order valence-corrected chi connectivity index (χ3v) is 2.80. The molecule has 0 unspecified atom stereocenters.